The first-order chi connectivity index (χ1) is 16.1. The number of ketones is 1. The molecule has 1 heterocycles. The number of benzene rings is 1. The van der Waals surface area contributed by atoms with Gasteiger partial charge in [-0.15, -0.1) is 0 Å². The molecule has 1 saturated heterocycles. The van der Waals surface area contributed by atoms with Crippen molar-refractivity contribution in [2.45, 2.75) is 78.7 Å². The SMILES string of the molecule is Cc1ccc(C(=O)N[C@H](C(=O)N2CCC[C@H]2C(=O)N[C@H](C(=O)C(F)(F)F)C(C)C)C(C)C)cc1C. The van der Waals surface area contributed by atoms with Gasteiger partial charge in [-0.05, 0) is 61.8 Å². The topological polar surface area (TPSA) is 95.6 Å². The van der Waals surface area contributed by atoms with Crippen LogP contribution < -0.4 is 10.6 Å². The quantitative estimate of drug-likeness (QED) is 0.576. The van der Waals surface area contributed by atoms with Crippen molar-refractivity contribution in [1.82, 2.24) is 15.5 Å². The summed E-state index contributed by atoms with van der Waals surface area (Å²) >= 11 is 0. The smallest absolute Gasteiger partial charge is 0.344 e. The summed E-state index contributed by atoms with van der Waals surface area (Å²) in [5, 5.41) is 4.95. The number of halogens is 3. The summed E-state index contributed by atoms with van der Waals surface area (Å²) in [7, 11) is 0. The number of hydrogen-bond donors (Lipinski definition) is 2. The normalized spacial score (nSPS) is 17.9. The second kappa shape index (κ2) is 11.2. The average molecular weight is 498 g/mol. The van der Waals surface area contributed by atoms with Crippen LogP contribution >= 0.6 is 0 Å². The second-order valence-corrected chi connectivity index (χ2v) is 9.78. The number of hydrogen-bond acceptors (Lipinski definition) is 4. The average Bonchev–Trinajstić information content (AvgIpc) is 3.25. The van der Waals surface area contributed by atoms with E-state index >= 15 is 0 Å². The van der Waals surface area contributed by atoms with Crippen molar-refractivity contribution in [3.63, 3.8) is 0 Å². The Morgan fingerprint density at radius 3 is 2.06 bits per heavy atom. The lowest BCUT2D eigenvalue weighted by molar-refractivity contribution is -0.175. The van der Waals surface area contributed by atoms with Crippen molar-refractivity contribution in [1.29, 1.82) is 0 Å². The van der Waals surface area contributed by atoms with E-state index in [9.17, 15) is 32.3 Å². The van der Waals surface area contributed by atoms with Gasteiger partial charge in [0, 0.05) is 12.1 Å². The van der Waals surface area contributed by atoms with Crippen LogP contribution in [0, 0.1) is 25.7 Å². The van der Waals surface area contributed by atoms with Gasteiger partial charge in [0.2, 0.25) is 11.8 Å². The Balaban J connectivity index is 2.19. The number of likely N-dealkylation sites (tertiary alicyclic amines) is 1. The van der Waals surface area contributed by atoms with Crippen molar-refractivity contribution >= 4 is 23.5 Å². The van der Waals surface area contributed by atoms with Gasteiger partial charge >= 0.3 is 6.18 Å². The van der Waals surface area contributed by atoms with Crippen LogP contribution in [-0.2, 0) is 14.4 Å². The fourth-order valence-electron chi connectivity index (χ4n) is 4.06. The van der Waals surface area contributed by atoms with E-state index in [1.807, 2.05) is 19.9 Å². The van der Waals surface area contributed by atoms with E-state index in [2.05, 4.69) is 10.6 Å². The molecule has 0 radical (unpaired) electrons. The maximum Gasteiger partial charge on any atom is 0.452 e. The van der Waals surface area contributed by atoms with Gasteiger partial charge in [-0.2, -0.15) is 13.2 Å². The summed E-state index contributed by atoms with van der Waals surface area (Å²) < 4.78 is 39.0. The Kier molecular flexibility index (Phi) is 9.08. The molecule has 1 aliphatic heterocycles. The molecule has 1 aromatic carbocycles. The standard InChI is InChI=1S/C25H34F3N3O4/c1-13(2)19(21(32)25(26,27)28)29-23(34)18-8-7-11-31(18)24(35)20(14(3)4)30-22(33)17-10-9-15(5)16(6)12-17/h9-10,12-14,18-20H,7-8,11H2,1-6H3,(H,29,34)(H,30,33)/t18-,19-,20-/m0/s1. The maximum absolute atomic E-state index is 13.4. The molecule has 194 valence electrons. The molecule has 1 fully saturated rings. The molecule has 0 spiro atoms. The molecule has 1 aliphatic rings. The van der Waals surface area contributed by atoms with Crippen LogP contribution in [0.1, 0.15) is 62.0 Å². The lowest BCUT2D eigenvalue weighted by Gasteiger charge is -2.32. The van der Waals surface area contributed by atoms with Gasteiger partial charge in [0.15, 0.2) is 0 Å². The van der Waals surface area contributed by atoms with Crippen LogP contribution in [0.3, 0.4) is 0 Å². The minimum Gasteiger partial charge on any atom is -0.344 e. The Labute approximate surface area is 203 Å². The third-order valence-corrected chi connectivity index (χ3v) is 6.35. The predicted octanol–water partition coefficient (Wildman–Crippen LogP) is 3.32. The van der Waals surface area contributed by atoms with Gasteiger partial charge in [0.05, 0.1) is 6.04 Å². The van der Waals surface area contributed by atoms with Gasteiger partial charge in [0.25, 0.3) is 11.7 Å². The molecule has 0 saturated carbocycles. The van der Waals surface area contributed by atoms with Crippen LogP contribution in [0.15, 0.2) is 18.2 Å². The van der Waals surface area contributed by atoms with E-state index in [0.29, 0.717) is 12.0 Å². The largest absolute Gasteiger partial charge is 0.452 e. The fraction of sp³-hybridized carbons (Fsp3) is 0.600. The van der Waals surface area contributed by atoms with Crippen molar-refractivity contribution < 1.29 is 32.3 Å². The molecule has 0 aromatic heterocycles. The Bertz CT molecular complexity index is 975. The summed E-state index contributed by atoms with van der Waals surface area (Å²) in [6.07, 6.45) is -4.37. The number of alkyl halides is 3. The summed E-state index contributed by atoms with van der Waals surface area (Å²) in [6, 6.07) is 1.49. The van der Waals surface area contributed by atoms with E-state index in [1.54, 1.807) is 26.0 Å². The highest BCUT2D eigenvalue weighted by Gasteiger charge is 2.46. The molecule has 10 heteroatoms. The number of carbonyl (C=O) groups is 4. The molecule has 3 atom stereocenters. The summed E-state index contributed by atoms with van der Waals surface area (Å²) in [6.45, 7) is 10.3. The monoisotopic (exact) mass is 497 g/mol. The number of Topliss-reactive ketones (excluding diaryl/α,β-unsaturated/α-hetero) is 1. The molecule has 2 rings (SSSR count). The lowest BCUT2D eigenvalue weighted by Crippen LogP contribution is -2.58. The van der Waals surface area contributed by atoms with Crippen LogP contribution in [0.2, 0.25) is 0 Å². The molecule has 0 bridgehead atoms. The van der Waals surface area contributed by atoms with Gasteiger partial charge < -0.3 is 15.5 Å². The number of amides is 3. The third kappa shape index (κ3) is 6.82. The first-order valence-electron chi connectivity index (χ1n) is 11.7. The number of aryl methyl sites for hydroxylation is 2. The first-order valence-corrected chi connectivity index (χ1v) is 11.7. The molecule has 1 aromatic rings. The fourth-order valence-corrected chi connectivity index (χ4v) is 4.06. The summed E-state index contributed by atoms with van der Waals surface area (Å²) in [5.41, 5.74) is 2.34. The second-order valence-electron chi connectivity index (χ2n) is 9.78. The Morgan fingerprint density at radius 1 is 0.943 bits per heavy atom. The number of nitrogens with zero attached hydrogens (tertiary/aromatic N) is 1. The van der Waals surface area contributed by atoms with Gasteiger partial charge in [-0.1, -0.05) is 33.8 Å². The van der Waals surface area contributed by atoms with Crippen molar-refractivity contribution in [3.05, 3.63) is 34.9 Å². The van der Waals surface area contributed by atoms with Gasteiger partial charge in [-0.3, -0.25) is 19.2 Å². The minimum absolute atomic E-state index is 0.221. The molecular weight excluding hydrogens is 463 g/mol. The third-order valence-electron chi connectivity index (χ3n) is 6.35. The Morgan fingerprint density at radius 2 is 1.54 bits per heavy atom. The summed E-state index contributed by atoms with van der Waals surface area (Å²) in [4.78, 5) is 52.2. The van der Waals surface area contributed by atoms with Crippen molar-refractivity contribution in [2.24, 2.45) is 11.8 Å². The van der Waals surface area contributed by atoms with E-state index < -0.39 is 53.7 Å². The highest BCUT2D eigenvalue weighted by atomic mass is 19.4. The number of nitrogens with one attached hydrogen (secondary N) is 2. The van der Waals surface area contributed by atoms with E-state index in [1.165, 1.54) is 18.7 Å². The molecule has 2 N–H and O–H groups in total. The predicted molar refractivity (Wildman–Crippen MR) is 125 cm³/mol. The lowest BCUT2D eigenvalue weighted by atomic mass is 9.98. The zero-order valence-electron chi connectivity index (χ0n) is 21.0. The first kappa shape index (κ1) is 28.3. The summed E-state index contributed by atoms with van der Waals surface area (Å²) in [5.74, 6) is -4.86. The molecule has 3 amide bonds. The van der Waals surface area contributed by atoms with Crippen LogP contribution in [0.25, 0.3) is 0 Å². The van der Waals surface area contributed by atoms with Gasteiger partial charge in [0.1, 0.15) is 12.1 Å². The van der Waals surface area contributed by atoms with Crippen molar-refractivity contribution in [2.75, 3.05) is 6.54 Å². The van der Waals surface area contributed by atoms with Crippen LogP contribution in [0.4, 0.5) is 13.2 Å². The Hall–Kier alpha value is -2.91. The maximum atomic E-state index is 13.4. The molecule has 35 heavy (non-hydrogen) atoms. The molecule has 7 nitrogen and oxygen atoms in total. The number of carbonyl (C=O) groups excluding carboxylic acids is 4. The minimum atomic E-state index is -5.09. The van der Waals surface area contributed by atoms with Crippen molar-refractivity contribution in [3.8, 4) is 0 Å². The van der Waals surface area contributed by atoms with E-state index in [0.717, 1.165) is 11.1 Å². The van der Waals surface area contributed by atoms with E-state index in [-0.39, 0.29) is 18.9 Å². The zero-order valence-corrected chi connectivity index (χ0v) is 21.0. The van der Waals surface area contributed by atoms with Crippen LogP contribution in [0.5, 0.6) is 0 Å². The number of rotatable bonds is 8. The highest BCUT2D eigenvalue weighted by molar-refractivity contribution is 5.99. The molecular formula is C25H34F3N3O4. The van der Waals surface area contributed by atoms with Crippen LogP contribution in [-0.4, -0.2) is 59.3 Å². The van der Waals surface area contributed by atoms with E-state index in [4.69, 9.17) is 0 Å². The zero-order chi connectivity index (χ0) is 26.7. The molecule has 0 aliphatic carbocycles. The highest BCUT2D eigenvalue weighted by Crippen LogP contribution is 2.24. The molecule has 0 unspecified atom stereocenters. The van der Waals surface area contributed by atoms with Gasteiger partial charge in [-0.25, -0.2) is 0 Å².